The van der Waals surface area contributed by atoms with Crippen molar-refractivity contribution in [2.75, 3.05) is 44.4 Å². The quantitative estimate of drug-likeness (QED) is 0.337. The minimum atomic E-state index is 0.537. The van der Waals surface area contributed by atoms with Crippen LogP contribution >= 0.6 is 0 Å². The Hall–Kier alpha value is -1.91. The van der Waals surface area contributed by atoms with Crippen LogP contribution in [0.2, 0.25) is 0 Å². The maximum Gasteiger partial charge on any atom is 0.150 e. The lowest BCUT2D eigenvalue weighted by atomic mass is 10.2. The fourth-order valence-electron chi connectivity index (χ4n) is 1.85. The number of hydrogen-bond acceptors (Lipinski definition) is 4. The molecule has 4 nitrogen and oxygen atoms in total. The van der Waals surface area contributed by atoms with Crippen molar-refractivity contribution in [3.8, 4) is 0 Å². The Kier molecular flexibility index (Phi) is 8.84. The molecule has 0 amide bonds. The summed E-state index contributed by atoms with van der Waals surface area (Å²) in [6.45, 7) is 11.0. The third-order valence-electron chi connectivity index (χ3n) is 2.85. The molecule has 0 aliphatic rings. The van der Waals surface area contributed by atoms with Crippen molar-refractivity contribution in [3.05, 3.63) is 55.1 Å². The van der Waals surface area contributed by atoms with Crippen LogP contribution in [0.25, 0.3) is 0 Å². The number of aldehydes is 1. The summed E-state index contributed by atoms with van der Waals surface area (Å²) in [7, 11) is 0. The van der Waals surface area contributed by atoms with Crippen LogP contribution < -0.4 is 4.90 Å². The van der Waals surface area contributed by atoms with Gasteiger partial charge >= 0.3 is 0 Å². The molecule has 0 unspecified atom stereocenters. The molecule has 0 saturated heterocycles. The van der Waals surface area contributed by atoms with Gasteiger partial charge in [0.1, 0.15) is 6.29 Å². The van der Waals surface area contributed by atoms with Crippen LogP contribution in [0.5, 0.6) is 0 Å². The summed E-state index contributed by atoms with van der Waals surface area (Å²) in [6, 6.07) is 7.51. The molecule has 0 radical (unpaired) electrons. The summed E-state index contributed by atoms with van der Waals surface area (Å²) >= 11 is 0. The second-order valence-corrected chi connectivity index (χ2v) is 4.43. The first-order valence-corrected chi connectivity index (χ1v) is 6.99. The van der Waals surface area contributed by atoms with Crippen molar-refractivity contribution in [3.63, 3.8) is 0 Å². The van der Waals surface area contributed by atoms with Crippen LogP contribution in [0, 0.1) is 0 Å². The molecule has 114 valence electrons. The fourth-order valence-corrected chi connectivity index (χ4v) is 1.85. The number of ether oxygens (including phenoxy) is 2. The Morgan fingerprint density at radius 3 is 2.19 bits per heavy atom. The van der Waals surface area contributed by atoms with Crippen molar-refractivity contribution in [2.24, 2.45) is 0 Å². The molecule has 1 rings (SSSR count). The van der Waals surface area contributed by atoms with Gasteiger partial charge in [-0.25, -0.2) is 0 Å². The molecular weight excluding hydrogens is 266 g/mol. The van der Waals surface area contributed by atoms with Gasteiger partial charge in [0.15, 0.2) is 0 Å². The van der Waals surface area contributed by atoms with Crippen LogP contribution in [0.1, 0.15) is 10.4 Å². The monoisotopic (exact) mass is 289 g/mol. The van der Waals surface area contributed by atoms with Crippen molar-refractivity contribution >= 4 is 12.0 Å². The number of rotatable bonds is 12. The van der Waals surface area contributed by atoms with Crippen LogP contribution in [0.3, 0.4) is 0 Å². The molecule has 4 heteroatoms. The molecule has 0 spiro atoms. The van der Waals surface area contributed by atoms with Gasteiger partial charge in [-0.2, -0.15) is 0 Å². The van der Waals surface area contributed by atoms with E-state index < -0.39 is 0 Å². The highest BCUT2D eigenvalue weighted by molar-refractivity contribution is 5.77. The average molecular weight is 289 g/mol. The maximum atomic E-state index is 10.9. The molecule has 0 aliphatic carbocycles. The summed E-state index contributed by atoms with van der Waals surface area (Å²) in [4.78, 5) is 13.0. The summed E-state index contributed by atoms with van der Waals surface area (Å²) in [6.07, 6.45) is 4.30. The van der Waals surface area contributed by atoms with Crippen LogP contribution in [0.4, 0.5) is 5.69 Å². The first kappa shape index (κ1) is 17.1. The zero-order chi connectivity index (χ0) is 15.3. The smallest absolute Gasteiger partial charge is 0.150 e. The predicted octanol–water partition coefficient (Wildman–Crippen LogP) is 2.71. The molecule has 0 atom stereocenters. The standard InChI is InChI=1S/C17H23NO3/c1-3-10-20-12-8-18(9-13-21-11-4-2)17-7-5-6-16(14-17)15-19/h3-7,14-15H,1-2,8-13H2. The van der Waals surface area contributed by atoms with E-state index in [-0.39, 0.29) is 0 Å². The maximum absolute atomic E-state index is 10.9. The van der Waals surface area contributed by atoms with Crippen molar-refractivity contribution < 1.29 is 14.3 Å². The number of nitrogens with zero attached hydrogens (tertiary/aromatic N) is 1. The Morgan fingerprint density at radius 1 is 1.05 bits per heavy atom. The predicted molar refractivity (Wildman–Crippen MR) is 86.1 cm³/mol. The van der Waals surface area contributed by atoms with Gasteiger partial charge in [0.25, 0.3) is 0 Å². The SMILES string of the molecule is C=CCOCCN(CCOCC=C)c1cccc(C=O)c1. The molecule has 0 bridgehead atoms. The van der Waals surface area contributed by atoms with Gasteiger partial charge in [-0.15, -0.1) is 13.2 Å². The first-order valence-electron chi connectivity index (χ1n) is 6.99. The number of carbonyl (C=O) groups is 1. The van der Waals surface area contributed by atoms with Crippen molar-refractivity contribution in [1.29, 1.82) is 0 Å². The van der Waals surface area contributed by atoms with Gasteiger partial charge in [0.05, 0.1) is 26.4 Å². The Bertz CT molecular complexity index is 429. The lowest BCUT2D eigenvalue weighted by Gasteiger charge is -2.25. The number of hydrogen-bond donors (Lipinski definition) is 0. The van der Waals surface area contributed by atoms with Crippen LogP contribution in [-0.4, -0.2) is 45.8 Å². The lowest BCUT2D eigenvalue weighted by molar-refractivity contribution is 0.112. The van der Waals surface area contributed by atoms with E-state index >= 15 is 0 Å². The Labute approximate surface area is 126 Å². The van der Waals surface area contributed by atoms with Gasteiger partial charge in [-0.1, -0.05) is 24.3 Å². The number of carbonyl (C=O) groups excluding carboxylic acids is 1. The van der Waals surface area contributed by atoms with E-state index in [1.54, 1.807) is 18.2 Å². The van der Waals surface area contributed by atoms with Crippen LogP contribution in [-0.2, 0) is 9.47 Å². The van der Waals surface area contributed by atoms with Crippen LogP contribution in [0.15, 0.2) is 49.6 Å². The van der Waals surface area contributed by atoms with Crippen molar-refractivity contribution in [2.45, 2.75) is 0 Å². The van der Waals surface area contributed by atoms with Gasteiger partial charge in [-0.3, -0.25) is 4.79 Å². The van der Waals surface area contributed by atoms with E-state index in [4.69, 9.17) is 9.47 Å². The van der Waals surface area contributed by atoms with Crippen molar-refractivity contribution in [1.82, 2.24) is 0 Å². The van der Waals surface area contributed by atoms with Gasteiger partial charge < -0.3 is 14.4 Å². The van der Waals surface area contributed by atoms with Gasteiger partial charge in [-0.05, 0) is 12.1 Å². The third-order valence-corrected chi connectivity index (χ3v) is 2.85. The summed E-state index contributed by atoms with van der Waals surface area (Å²) in [5.74, 6) is 0. The number of anilines is 1. The molecule has 0 aliphatic heterocycles. The molecule has 0 aromatic heterocycles. The molecule has 0 saturated carbocycles. The summed E-state index contributed by atoms with van der Waals surface area (Å²) in [5.41, 5.74) is 1.65. The van der Waals surface area contributed by atoms with E-state index in [2.05, 4.69) is 18.1 Å². The van der Waals surface area contributed by atoms with E-state index in [9.17, 15) is 4.79 Å². The van der Waals surface area contributed by atoms with E-state index in [1.807, 2.05) is 18.2 Å². The Balaban J connectivity index is 2.61. The Morgan fingerprint density at radius 2 is 1.67 bits per heavy atom. The highest BCUT2D eigenvalue weighted by Crippen LogP contribution is 2.15. The second kappa shape index (κ2) is 10.8. The zero-order valence-electron chi connectivity index (χ0n) is 12.4. The number of benzene rings is 1. The molecular formula is C17H23NO3. The summed E-state index contributed by atoms with van der Waals surface area (Å²) < 4.78 is 10.9. The minimum Gasteiger partial charge on any atom is -0.376 e. The fraction of sp³-hybridized carbons (Fsp3) is 0.353. The molecule has 0 N–H and O–H groups in total. The van der Waals surface area contributed by atoms with E-state index in [0.29, 0.717) is 32.0 Å². The molecule has 1 aromatic rings. The van der Waals surface area contributed by atoms with E-state index in [1.165, 1.54) is 0 Å². The van der Waals surface area contributed by atoms with Gasteiger partial charge in [0, 0.05) is 24.3 Å². The second-order valence-electron chi connectivity index (χ2n) is 4.43. The highest BCUT2D eigenvalue weighted by Gasteiger charge is 2.07. The first-order chi connectivity index (χ1) is 10.3. The zero-order valence-corrected chi connectivity index (χ0v) is 12.4. The summed E-state index contributed by atoms with van der Waals surface area (Å²) in [5, 5.41) is 0. The molecule has 0 heterocycles. The largest absolute Gasteiger partial charge is 0.376 e. The molecule has 21 heavy (non-hydrogen) atoms. The molecule has 1 aromatic carbocycles. The normalized spacial score (nSPS) is 10.1. The highest BCUT2D eigenvalue weighted by atomic mass is 16.5. The molecule has 0 fully saturated rings. The topological polar surface area (TPSA) is 38.8 Å². The lowest BCUT2D eigenvalue weighted by Crippen LogP contribution is -2.31. The minimum absolute atomic E-state index is 0.537. The van der Waals surface area contributed by atoms with Gasteiger partial charge in [0.2, 0.25) is 0 Å². The third kappa shape index (κ3) is 6.88. The van der Waals surface area contributed by atoms with E-state index in [0.717, 1.165) is 25.1 Å². The average Bonchev–Trinajstić information content (AvgIpc) is 2.53.